The molecule has 162 valence electrons. The van der Waals surface area contributed by atoms with E-state index in [9.17, 15) is 8.42 Å². The molecule has 0 aliphatic carbocycles. The van der Waals surface area contributed by atoms with E-state index < -0.39 is 16.1 Å². The number of imidazole rings is 1. The van der Waals surface area contributed by atoms with Crippen LogP contribution in [-0.4, -0.2) is 28.1 Å². The minimum Gasteiger partial charge on any atom is -0.337 e. The molecule has 0 bridgehead atoms. The Morgan fingerprint density at radius 1 is 1.13 bits per heavy atom. The highest BCUT2D eigenvalue weighted by molar-refractivity contribution is 7.89. The van der Waals surface area contributed by atoms with Crippen molar-refractivity contribution < 1.29 is 12.9 Å². The summed E-state index contributed by atoms with van der Waals surface area (Å²) in [5, 5.41) is 4.08. The van der Waals surface area contributed by atoms with E-state index in [-0.39, 0.29) is 16.7 Å². The molecular weight excluding hydrogens is 414 g/mol. The van der Waals surface area contributed by atoms with Gasteiger partial charge >= 0.3 is 0 Å². The highest BCUT2D eigenvalue weighted by atomic mass is 32.2. The maximum Gasteiger partial charge on any atom is 0.245 e. The standard InChI is InChI=1S/C22H25N5O3S/c1-5-27-13-23-18-12-16(8-11-19(18)27)21-24-22(30-25-21)20(14(2)3)26-31(28,29)17-9-6-15(4)7-10-17/h6-14,20,26H,5H2,1-4H3/t20-/m0/s1. The van der Waals surface area contributed by atoms with Crippen LogP contribution in [0.3, 0.4) is 0 Å². The topological polar surface area (TPSA) is 103 Å². The zero-order chi connectivity index (χ0) is 22.2. The van der Waals surface area contributed by atoms with E-state index in [0.29, 0.717) is 5.82 Å². The molecule has 0 amide bonds. The maximum absolute atomic E-state index is 12.9. The molecule has 0 saturated carbocycles. The van der Waals surface area contributed by atoms with Crippen LogP contribution in [0.5, 0.6) is 0 Å². The smallest absolute Gasteiger partial charge is 0.245 e. The van der Waals surface area contributed by atoms with Crippen LogP contribution in [0.1, 0.15) is 38.3 Å². The molecule has 0 saturated heterocycles. The van der Waals surface area contributed by atoms with Crippen molar-refractivity contribution in [1.82, 2.24) is 24.4 Å². The molecule has 9 heteroatoms. The number of hydrogen-bond donors (Lipinski definition) is 1. The lowest BCUT2D eigenvalue weighted by Crippen LogP contribution is -2.32. The fourth-order valence-electron chi connectivity index (χ4n) is 3.36. The average molecular weight is 440 g/mol. The van der Waals surface area contributed by atoms with Gasteiger partial charge in [-0.1, -0.05) is 36.7 Å². The molecular formula is C22H25N5O3S. The van der Waals surface area contributed by atoms with Crippen LogP contribution in [0, 0.1) is 12.8 Å². The number of aryl methyl sites for hydroxylation is 2. The molecule has 0 fully saturated rings. The van der Waals surface area contributed by atoms with Crippen LogP contribution in [0.25, 0.3) is 22.4 Å². The number of sulfonamides is 1. The molecule has 2 aromatic carbocycles. The zero-order valence-corrected chi connectivity index (χ0v) is 18.7. The Bertz CT molecular complexity index is 1310. The van der Waals surface area contributed by atoms with Gasteiger partial charge in [0.15, 0.2) is 0 Å². The molecule has 0 unspecified atom stereocenters. The number of hydrogen-bond acceptors (Lipinski definition) is 6. The molecule has 0 aliphatic rings. The van der Waals surface area contributed by atoms with Crippen molar-refractivity contribution in [2.24, 2.45) is 5.92 Å². The average Bonchev–Trinajstić information content (AvgIpc) is 3.38. The minimum absolute atomic E-state index is 0.101. The van der Waals surface area contributed by atoms with Crippen molar-refractivity contribution in [3.63, 3.8) is 0 Å². The first-order valence-electron chi connectivity index (χ1n) is 10.2. The van der Waals surface area contributed by atoms with Gasteiger partial charge in [0.1, 0.15) is 6.04 Å². The third-order valence-corrected chi connectivity index (χ3v) is 6.66. The van der Waals surface area contributed by atoms with Crippen molar-refractivity contribution >= 4 is 21.1 Å². The van der Waals surface area contributed by atoms with Crippen LogP contribution in [0.4, 0.5) is 0 Å². The summed E-state index contributed by atoms with van der Waals surface area (Å²) >= 11 is 0. The maximum atomic E-state index is 12.9. The Labute approximate surface area is 181 Å². The summed E-state index contributed by atoms with van der Waals surface area (Å²) in [6.45, 7) is 8.60. The molecule has 0 radical (unpaired) electrons. The van der Waals surface area contributed by atoms with E-state index in [0.717, 1.165) is 28.7 Å². The molecule has 8 nitrogen and oxygen atoms in total. The van der Waals surface area contributed by atoms with Crippen LogP contribution >= 0.6 is 0 Å². The SMILES string of the molecule is CCn1cnc2cc(-c3noc([C@@H](NS(=O)(=O)c4ccc(C)cc4)C(C)C)n3)ccc21. The second-order valence-electron chi connectivity index (χ2n) is 7.85. The van der Waals surface area contributed by atoms with Gasteiger partial charge in [0.05, 0.1) is 22.3 Å². The van der Waals surface area contributed by atoms with E-state index >= 15 is 0 Å². The largest absolute Gasteiger partial charge is 0.337 e. The van der Waals surface area contributed by atoms with Gasteiger partial charge in [-0.15, -0.1) is 0 Å². The Morgan fingerprint density at radius 3 is 2.55 bits per heavy atom. The van der Waals surface area contributed by atoms with Crippen molar-refractivity contribution in [2.45, 2.75) is 45.2 Å². The number of benzene rings is 2. The summed E-state index contributed by atoms with van der Waals surface area (Å²) in [6, 6.07) is 11.8. The first-order valence-corrected chi connectivity index (χ1v) is 11.6. The number of rotatable bonds is 7. The molecule has 1 atom stereocenters. The minimum atomic E-state index is -3.74. The van der Waals surface area contributed by atoms with Gasteiger partial charge in [-0.25, -0.2) is 13.4 Å². The van der Waals surface area contributed by atoms with Crippen molar-refractivity contribution in [1.29, 1.82) is 0 Å². The summed E-state index contributed by atoms with van der Waals surface area (Å²) in [5.74, 6) is 0.513. The zero-order valence-electron chi connectivity index (χ0n) is 17.9. The first-order chi connectivity index (χ1) is 14.8. The molecule has 0 spiro atoms. The van der Waals surface area contributed by atoms with Crippen molar-refractivity contribution in [2.75, 3.05) is 0 Å². The van der Waals surface area contributed by atoms with E-state index in [2.05, 4.69) is 31.3 Å². The highest BCUT2D eigenvalue weighted by Gasteiger charge is 2.29. The number of nitrogens with one attached hydrogen (secondary N) is 1. The predicted molar refractivity (Wildman–Crippen MR) is 118 cm³/mol. The van der Waals surface area contributed by atoms with Crippen LogP contribution in [-0.2, 0) is 16.6 Å². The summed E-state index contributed by atoms with van der Waals surface area (Å²) in [6.07, 6.45) is 1.80. The van der Waals surface area contributed by atoms with Gasteiger partial charge < -0.3 is 9.09 Å². The van der Waals surface area contributed by atoms with Gasteiger partial charge in [-0.3, -0.25) is 0 Å². The Balaban J connectivity index is 1.63. The van der Waals surface area contributed by atoms with Crippen LogP contribution < -0.4 is 4.72 Å². The van der Waals surface area contributed by atoms with Gasteiger partial charge in [-0.05, 0) is 50.1 Å². The lowest BCUT2D eigenvalue weighted by atomic mass is 10.1. The number of aromatic nitrogens is 4. The fraction of sp³-hybridized carbons (Fsp3) is 0.318. The number of nitrogens with zero attached hydrogens (tertiary/aromatic N) is 4. The fourth-order valence-corrected chi connectivity index (χ4v) is 4.70. The van der Waals surface area contributed by atoms with E-state index in [1.165, 1.54) is 0 Å². The summed E-state index contributed by atoms with van der Waals surface area (Å²) < 4.78 is 36.0. The highest BCUT2D eigenvalue weighted by Crippen LogP contribution is 2.27. The lowest BCUT2D eigenvalue weighted by Gasteiger charge is -2.18. The quantitative estimate of drug-likeness (QED) is 0.465. The summed E-state index contributed by atoms with van der Waals surface area (Å²) in [4.78, 5) is 9.10. The number of fused-ring (bicyclic) bond motifs is 1. The van der Waals surface area contributed by atoms with Gasteiger partial charge in [0.2, 0.25) is 21.7 Å². The Kier molecular flexibility index (Phi) is 5.63. The monoisotopic (exact) mass is 439 g/mol. The van der Waals surface area contributed by atoms with E-state index in [1.807, 2.05) is 39.0 Å². The van der Waals surface area contributed by atoms with E-state index in [1.54, 1.807) is 30.6 Å². The van der Waals surface area contributed by atoms with Crippen molar-refractivity contribution in [3.05, 3.63) is 60.2 Å². The second kappa shape index (κ2) is 8.24. The third-order valence-electron chi connectivity index (χ3n) is 5.21. The predicted octanol–water partition coefficient (Wildman–Crippen LogP) is 4.09. The van der Waals surface area contributed by atoms with Crippen molar-refractivity contribution in [3.8, 4) is 11.4 Å². The second-order valence-corrected chi connectivity index (χ2v) is 9.56. The van der Waals surface area contributed by atoms with Crippen LogP contribution in [0.15, 0.2) is 58.2 Å². The van der Waals surface area contributed by atoms with Gasteiger partial charge in [-0.2, -0.15) is 9.71 Å². The van der Waals surface area contributed by atoms with E-state index in [4.69, 9.17) is 4.52 Å². The summed E-state index contributed by atoms with van der Waals surface area (Å²) in [5.41, 5.74) is 3.61. The van der Waals surface area contributed by atoms with Gasteiger partial charge in [0, 0.05) is 12.1 Å². The molecule has 4 rings (SSSR count). The summed E-state index contributed by atoms with van der Waals surface area (Å²) in [7, 11) is -3.74. The Hall–Kier alpha value is -3.04. The normalized spacial score (nSPS) is 13.2. The lowest BCUT2D eigenvalue weighted by molar-refractivity contribution is 0.311. The molecule has 0 aliphatic heterocycles. The molecule has 31 heavy (non-hydrogen) atoms. The molecule has 2 heterocycles. The Morgan fingerprint density at radius 2 is 1.87 bits per heavy atom. The molecule has 2 aromatic heterocycles. The third kappa shape index (κ3) is 4.24. The van der Waals surface area contributed by atoms with Gasteiger partial charge in [0.25, 0.3) is 0 Å². The van der Waals surface area contributed by atoms with Crippen LogP contribution in [0.2, 0.25) is 0 Å². The molecule has 4 aromatic rings. The molecule has 1 N–H and O–H groups in total. The first kappa shape index (κ1) is 21.2.